The second kappa shape index (κ2) is 4.33. The first-order valence-corrected chi connectivity index (χ1v) is 4.24. The molecule has 0 saturated carbocycles. The summed E-state index contributed by atoms with van der Waals surface area (Å²) < 4.78 is 25.7. The van der Waals surface area contributed by atoms with E-state index in [0.717, 1.165) is 0 Å². The number of hydrogen-bond acceptors (Lipinski definition) is 1. The van der Waals surface area contributed by atoms with Gasteiger partial charge >= 0.3 is 0 Å². The van der Waals surface area contributed by atoms with E-state index in [0.29, 0.717) is 5.56 Å². The van der Waals surface area contributed by atoms with E-state index < -0.39 is 12.1 Å². The zero-order valence-electron chi connectivity index (χ0n) is 7.50. The van der Waals surface area contributed by atoms with Crippen molar-refractivity contribution in [2.24, 2.45) is 5.73 Å². The fourth-order valence-electron chi connectivity index (χ4n) is 1.33. The third-order valence-corrected chi connectivity index (χ3v) is 2.09. The summed E-state index contributed by atoms with van der Waals surface area (Å²) in [5.74, 6) is -0.757. The minimum Gasteiger partial charge on any atom is -0.330 e. The highest BCUT2D eigenvalue weighted by Gasteiger charge is 2.17. The summed E-state index contributed by atoms with van der Waals surface area (Å²) in [7, 11) is 0. The van der Waals surface area contributed by atoms with Gasteiger partial charge in [-0.25, -0.2) is 8.78 Å². The normalized spacial score (nSPS) is 15.4. The Morgan fingerprint density at radius 1 is 1.46 bits per heavy atom. The van der Waals surface area contributed by atoms with Gasteiger partial charge in [0, 0.05) is 12.5 Å². The lowest BCUT2D eigenvalue weighted by molar-refractivity contribution is 0.308. The highest BCUT2D eigenvalue weighted by Crippen LogP contribution is 2.21. The van der Waals surface area contributed by atoms with Crippen LogP contribution in [0, 0.1) is 5.82 Å². The van der Waals surface area contributed by atoms with Crippen molar-refractivity contribution in [1.29, 1.82) is 0 Å². The SMILES string of the molecule is CC(F)C(CN)c1cccc(F)c1. The Morgan fingerprint density at radius 2 is 2.15 bits per heavy atom. The second-order valence-electron chi connectivity index (χ2n) is 3.07. The third-order valence-electron chi connectivity index (χ3n) is 2.09. The van der Waals surface area contributed by atoms with Crippen molar-refractivity contribution in [2.45, 2.75) is 19.0 Å². The highest BCUT2D eigenvalue weighted by molar-refractivity contribution is 5.22. The molecular formula is C10H13F2N. The van der Waals surface area contributed by atoms with Crippen molar-refractivity contribution in [3.63, 3.8) is 0 Å². The van der Waals surface area contributed by atoms with Crippen molar-refractivity contribution in [1.82, 2.24) is 0 Å². The van der Waals surface area contributed by atoms with Crippen molar-refractivity contribution in [2.75, 3.05) is 6.54 Å². The van der Waals surface area contributed by atoms with Crippen LogP contribution in [0.4, 0.5) is 8.78 Å². The predicted octanol–water partition coefficient (Wildman–Crippen LogP) is 2.23. The molecule has 0 spiro atoms. The minimum absolute atomic E-state index is 0.196. The van der Waals surface area contributed by atoms with Crippen LogP contribution in [-0.2, 0) is 0 Å². The van der Waals surface area contributed by atoms with E-state index in [1.54, 1.807) is 12.1 Å². The number of nitrogens with two attached hydrogens (primary N) is 1. The smallest absolute Gasteiger partial charge is 0.123 e. The van der Waals surface area contributed by atoms with Gasteiger partial charge in [-0.3, -0.25) is 0 Å². The van der Waals surface area contributed by atoms with Gasteiger partial charge in [-0.05, 0) is 24.6 Å². The molecule has 2 atom stereocenters. The van der Waals surface area contributed by atoms with Gasteiger partial charge in [-0.15, -0.1) is 0 Å². The Bertz CT molecular complexity index is 273. The topological polar surface area (TPSA) is 26.0 Å². The maximum absolute atomic E-state index is 13.0. The molecule has 3 heteroatoms. The van der Waals surface area contributed by atoms with Gasteiger partial charge in [0.2, 0.25) is 0 Å². The molecule has 0 aliphatic carbocycles. The number of hydrogen-bond donors (Lipinski definition) is 1. The largest absolute Gasteiger partial charge is 0.330 e. The average molecular weight is 185 g/mol. The van der Waals surface area contributed by atoms with Crippen LogP contribution in [-0.4, -0.2) is 12.7 Å². The molecule has 72 valence electrons. The Kier molecular flexibility index (Phi) is 3.37. The van der Waals surface area contributed by atoms with Crippen LogP contribution < -0.4 is 5.73 Å². The number of benzene rings is 1. The average Bonchev–Trinajstić information content (AvgIpc) is 2.04. The minimum atomic E-state index is -1.05. The molecule has 13 heavy (non-hydrogen) atoms. The first-order chi connectivity index (χ1) is 6.15. The molecule has 1 nitrogen and oxygen atoms in total. The van der Waals surface area contributed by atoms with Crippen molar-refractivity contribution >= 4 is 0 Å². The molecule has 2 N–H and O–H groups in total. The maximum atomic E-state index is 13.0. The van der Waals surface area contributed by atoms with Gasteiger partial charge in [0.25, 0.3) is 0 Å². The third kappa shape index (κ3) is 2.49. The van der Waals surface area contributed by atoms with E-state index in [4.69, 9.17) is 5.73 Å². The Morgan fingerprint density at radius 3 is 2.62 bits per heavy atom. The first-order valence-electron chi connectivity index (χ1n) is 4.24. The summed E-state index contributed by atoms with van der Waals surface area (Å²) in [6.45, 7) is 1.63. The molecule has 0 fully saturated rings. The summed E-state index contributed by atoms with van der Waals surface area (Å²) in [6, 6.07) is 5.92. The van der Waals surface area contributed by atoms with E-state index in [1.807, 2.05) is 0 Å². The molecule has 0 heterocycles. The molecule has 0 bridgehead atoms. The second-order valence-corrected chi connectivity index (χ2v) is 3.07. The lowest BCUT2D eigenvalue weighted by Gasteiger charge is -2.16. The van der Waals surface area contributed by atoms with Gasteiger partial charge < -0.3 is 5.73 Å². The van der Waals surface area contributed by atoms with Crippen LogP contribution in [0.15, 0.2) is 24.3 Å². The maximum Gasteiger partial charge on any atom is 0.123 e. The summed E-state index contributed by atoms with van der Waals surface area (Å²) in [5.41, 5.74) is 6.02. The quantitative estimate of drug-likeness (QED) is 0.767. The fraction of sp³-hybridized carbons (Fsp3) is 0.400. The molecule has 0 saturated heterocycles. The highest BCUT2D eigenvalue weighted by atomic mass is 19.1. The monoisotopic (exact) mass is 185 g/mol. The van der Waals surface area contributed by atoms with Crippen LogP contribution >= 0.6 is 0 Å². The standard InChI is InChI=1S/C10H13F2N/c1-7(11)10(6-13)8-3-2-4-9(12)5-8/h2-5,7,10H,6,13H2,1H3. The lowest BCUT2D eigenvalue weighted by Crippen LogP contribution is -2.20. The van der Waals surface area contributed by atoms with Crippen LogP contribution in [0.5, 0.6) is 0 Å². The zero-order chi connectivity index (χ0) is 9.84. The van der Waals surface area contributed by atoms with Gasteiger partial charge in [-0.2, -0.15) is 0 Å². The summed E-state index contributed by atoms with van der Waals surface area (Å²) in [6.07, 6.45) is -1.05. The van der Waals surface area contributed by atoms with E-state index >= 15 is 0 Å². The summed E-state index contributed by atoms with van der Waals surface area (Å²) in [5, 5.41) is 0. The van der Waals surface area contributed by atoms with Crippen LogP contribution in [0.25, 0.3) is 0 Å². The van der Waals surface area contributed by atoms with Crippen LogP contribution in [0.3, 0.4) is 0 Å². The molecule has 2 unspecified atom stereocenters. The number of rotatable bonds is 3. The molecule has 1 aromatic carbocycles. The Balaban J connectivity index is 2.91. The number of halogens is 2. The van der Waals surface area contributed by atoms with Crippen LogP contribution in [0.2, 0.25) is 0 Å². The van der Waals surface area contributed by atoms with E-state index in [9.17, 15) is 8.78 Å². The van der Waals surface area contributed by atoms with Crippen molar-refractivity contribution < 1.29 is 8.78 Å². The lowest BCUT2D eigenvalue weighted by atomic mass is 9.95. The molecule has 0 aliphatic heterocycles. The van der Waals surface area contributed by atoms with Gasteiger partial charge in [0.1, 0.15) is 12.0 Å². The molecule has 1 rings (SSSR count). The molecule has 0 aromatic heterocycles. The van der Waals surface area contributed by atoms with E-state index in [1.165, 1.54) is 19.1 Å². The van der Waals surface area contributed by atoms with Gasteiger partial charge in [-0.1, -0.05) is 12.1 Å². The fourth-order valence-corrected chi connectivity index (χ4v) is 1.33. The van der Waals surface area contributed by atoms with Crippen LogP contribution in [0.1, 0.15) is 18.4 Å². The summed E-state index contributed by atoms with van der Waals surface area (Å²) in [4.78, 5) is 0. The van der Waals surface area contributed by atoms with Gasteiger partial charge in [0.05, 0.1) is 0 Å². The Hall–Kier alpha value is -0.960. The number of alkyl halides is 1. The Labute approximate surface area is 76.6 Å². The van der Waals surface area contributed by atoms with Crippen molar-refractivity contribution in [3.05, 3.63) is 35.6 Å². The van der Waals surface area contributed by atoms with Gasteiger partial charge in [0.15, 0.2) is 0 Å². The van der Waals surface area contributed by atoms with E-state index in [-0.39, 0.29) is 12.4 Å². The molecular weight excluding hydrogens is 172 g/mol. The van der Waals surface area contributed by atoms with Crippen molar-refractivity contribution in [3.8, 4) is 0 Å². The predicted molar refractivity (Wildman–Crippen MR) is 48.8 cm³/mol. The van der Waals surface area contributed by atoms with E-state index in [2.05, 4.69) is 0 Å². The summed E-state index contributed by atoms with van der Waals surface area (Å²) >= 11 is 0. The molecule has 0 amide bonds. The zero-order valence-corrected chi connectivity index (χ0v) is 7.50. The molecule has 1 aromatic rings. The first kappa shape index (κ1) is 10.1. The molecule has 0 aliphatic rings. The molecule has 0 radical (unpaired) electrons.